The van der Waals surface area contributed by atoms with Gasteiger partial charge in [0, 0.05) is 28.5 Å². The van der Waals surface area contributed by atoms with Gasteiger partial charge in [0.15, 0.2) is 0 Å². The van der Waals surface area contributed by atoms with E-state index in [2.05, 4.69) is 53.2 Å². The van der Waals surface area contributed by atoms with E-state index in [0.29, 0.717) is 6.04 Å². The number of amides is 1. The molecule has 0 spiro atoms. The number of aryl methyl sites for hydroxylation is 2. The summed E-state index contributed by atoms with van der Waals surface area (Å²) < 4.78 is 2.04. The highest BCUT2D eigenvalue weighted by Gasteiger charge is 2.41. The zero-order chi connectivity index (χ0) is 21.5. The van der Waals surface area contributed by atoms with Crippen LogP contribution in [0.2, 0.25) is 5.02 Å². The van der Waals surface area contributed by atoms with Crippen molar-refractivity contribution in [2.75, 3.05) is 0 Å². The fraction of sp³-hybridized carbons (Fsp3) is 0.308. The molecule has 2 saturated heterocycles. The average Bonchev–Trinajstić information content (AvgIpc) is 3.38. The van der Waals surface area contributed by atoms with Crippen LogP contribution in [0.25, 0.3) is 11.8 Å². The molecule has 0 unspecified atom stereocenters. The molecule has 2 aliphatic rings. The molecule has 158 valence electrons. The second kappa shape index (κ2) is 8.01. The van der Waals surface area contributed by atoms with E-state index in [1.54, 1.807) is 0 Å². The third-order valence-electron chi connectivity index (χ3n) is 6.56. The van der Waals surface area contributed by atoms with Crippen molar-refractivity contribution in [3.8, 4) is 5.69 Å². The first kappa shape index (κ1) is 20.1. The Labute approximate surface area is 188 Å². The van der Waals surface area contributed by atoms with Gasteiger partial charge in [0.25, 0.3) is 5.91 Å². The molecule has 0 saturated carbocycles. The highest BCUT2D eigenvalue weighted by molar-refractivity contribution is 6.30. The Bertz CT molecular complexity index is 1160. The molecular formula is C26H26ClN3O. The maximum Gasteiger partial charge on any atom is 0.250 e. The van der Waals surface area contributed by atoms with Crippen molar-refractivity contribution in [2.45, 2.75) is 51.6 Å². The lowest BCUT2D eigenvalue weighted by Gasteiger charge is -2.35. The SMILES string of the molecule is Cc1cn(-c2ccc(/C=C3\CC[C@H]4CC[C@@H](c5ccc(Cl)cc5)N4C3=O)cc2C)cn1. The van der Waals surface area contributed by atoms with Crippen LogP contribution < -0.4 is 0 Å². The van der Waals surface area contributed by atoms with Gasteiger partial charge in [-0.2, -0.15) is 0 Å². The van der Waals surface area contributed by atoms with Gasteiger partial charge in [-0.25, -0.2) is 4.98 Å². The van der Waals surface area contributed by atoms with Crippen LogP contribution in [0.4, 0.5) is 0 Å². The Balaban J connectivity index is 1.41. The number of carbonyl (C=O) groups is 1. The zero-order valence-corrected chi connectivity index (χ0v) is 18.6. The summed E-state index contributed by atoms with van der Waals surface area (Å²) in [7, 11) is 0. The molecule has 2 aromatic carbocycles. The smallest absolute Gasteiger partial charge is 0.250 e. The molecule has 2 fully saturated rings. The second-order valence-corrected chi connectivity index (χ2v) is 9.12. The number of aromatic nitrogens is 2. The first-order valence-corrected chi connectivity index (χ1v) is 11.3. The number of imidazole rings is 1. The minimum Gasteiger partial charge on any atom is -0.329 e. The molecule has 2 atom stereocenters. The van der Waals surface area contributed by atoms with Crippen molar-refractivity contribution in [1.82, 2.24) is 14.5 Å². The minimum atomic E-state index is 0.145. The van der Waals surface area contributed by atoms with Gasteiger partial charge in [-0.1, -0.05) is 29.8 Å². The molecule has 5 rings (SSSR count). The number of carbonyl (C=O) groups excluding carboxylic acids is 1. The predicted molar refractivity (Wildman–Crippen MR) is 124 cm³/mol. The first-order valence-electron chi connectivity index (χ1n) is 10.9. The van der Waals surface area contributed by atoms with Gasteiger partial charge in [0.2, 0.25) is 0 Å². The van der Waals surface area contributed by atoms with Crippen LogP contribution in [0.3, 0.4) is 0 Å². The van der Waals surface area contributed by atoms with Crippen LogP contribution in [-0.2, 0) is 4.79 Å². The third kappa shape index (κ3) is 3.81. The maximum absolute atomic E-state index is 13.5. The fourth-order valence-corrected chi connectivity index (χ4v) is 5.15. The normalized spacial score (nSPS) is 22.2. The summed E-state index contributed by atoms with van der Waals surface area (Å²) in [5, 5.41) is 0.730. The van der Waals surface area contributed by atoms with E-state index in [0.717, 1.165) is 58.8 Å². The molecule has 31 heavy (non-hydrogen) atoms. The van der Waals surface area contributed by atoms with Crippen LogP contribution in [0.1, 0.15) is 54.1 Å². The highest BCUT2D eigenvalue weighted by Crippen LogP contribution is 2.42. The second-order valence-electron chi connectivity index (χ2n) is 8.69. The largest absolute Gasteiger partial charge is 0.329 e. The fourth-order valence-electron chi connectivity index (χ4n) is 5.03. The molecule has 2 aliphatic heterocycles. The predicted octanol–water partition coefficient (Wildman–Crippen LogP) is 6.05. The lowest BCUT2D eigenvalue weighted by molar-refractivity contribution is -0.131. The summed E-state index contributed by atoms with van der Waals surface area (Å²) in [6.45, 7) is 4.09. The number of halogens is 1. The minimum absolute atomic E-state index is 0.145. The Morgan fingerprint density at radius 1 is 1.06 bits per heavy atom. The van der Waals surface area contributed by atoms with Gasteiger partial charge in [-0.05, 0) is 86.6 Å². The third-order valence-corrected chi connectivity index (χ3v) is 6.82. The van der Waals surface area contributed by atoms with Crippen molar-refractivity contribution in [3.05, 3.63) is 88.0 Å². The number of piperidine rings is 1. The molecule has 4 nitrogen and oxygen atoms in total. The summed E-state index contributed by atoms with van der Waals surface area (Å²) in [4.78, 5) is 19.9. The lowest BCUT2D eigenvalue weighted by atomic mass is 9.95. The Morgan fingerprint density at radius 2 is 1.87 bits per heavy atom. The number of fused-ring (bicyclic) bond motifs is 1. The molecule has 3 heterocycles. The quantitative estimate of drug-likeness (QED) is 0.473. The van der Waals surface area contributed by atoms with Crippen molar-refractivity contribution >= 4 is 23.6 Å². The molecule has 0 aliphatic carbocycles. The molecule has 1 amide bonds. The topological polar surface area (TPSA) is 38.1 Å². The number of benzene rings is 2. The summed E-state index contributed by atoms with van der Waals surface area (Å²) in [6, 6.07) is 14.8. The van der Waals surface area contributed by atoms with Crippen molar-refractivity contribution < 1.29 is 4.79 Å². The maximum atomic E-state index is 13.5. The van der Waals surface area contributed by atoms with Gasteiger partial charge < -0.3 is 9.47 Å². The standard InChI is InChI=1S/C26H26ClN3O/c1-17-13-19(3-11-24(17)29-15-18(2)28-16-29)14-21-6-9-23-10-12-25(30(23)26(21)31)20-4-7-22(27)8-5-20/h3-5,7-8,11,13-16,23,25H,6,9-10,12H2,1-2H3/b21-14+/t23-,25-/m0/s1. The van der Waals surface area contributed by atoms with Gasteiger partial charge in [-0.3, -0.25) is 4.79 Å². The Morgan fingerprint density at radius 3 is 2.58 bits per heavy atom. The van der Waals surface area contributed by atoms with E-state index in [-0.39, 0.29) is 11.9 Å². The Kier molecular flexibility index (Phi) is 5.19. The van der Waals surface area contributed by atoms with E-state index < -0.39 is 0 Å². The molecule has 0 radical (unpaired) electrons. The number of nitrogens with zero attached hydrogens (tertiary/aromatic N) is 3. The van der Waals surface area contributed by atoms with Crippen LogP contribution in [0.15, 0.2) is 60.6 Å². The highest BCUT2D eigenvalue weighted by atomic mass is 35.5. The van der Waals surface area contributed by atoms with Gasteiger partial charge in [0.1, 0.15) is 0 Å². The van der Waals surface area contributed by atoms with Gasteiger partial charge in [0.05, 0.1) is 18.1 Å². The molecular weight excluding hydrogens is 406 g/mol. The molecule has 5 heteroatoms. The molecule has 3 aromatic rings. The van der Waals surface area contributed by atoms with Gasteiger partial charge >= 0.3 is 0 Å². The summed E-state index contributed by atoms with van der Waals surface area (Å²) in [5.41, 5.74) is 6.42. The van der Waals surface area contributed by atoms with E-state index >= 15 is 0 Å². The number of hydrogen-bond acceptors (Lipinski definition) is 2. The van der Waals surface area contributed by atoms with Crippen LogP contribution in [-0.4, -0.2) is 26.4 Å². The summed E-state index contributed by atoms with van der Waals surface area (Å²) in [5.74, 6) is 0.181. The monoisotopic (exact) mass is 431 g/mol. The number of rotatable bonds is 3. The number of hydrogen-bond donors (Lipinski definition) is 0. The van der Waals surface area contributed by atoms with Gasteiger partial charge in [-0.15, -0.1) is 0 Å². The molecule has 1 aromatic heterocycles. The van der Waals surface area contributed by atoms with E-state index in [9.17, 15) is 4.79 Å². The molecule has 0 bridgehead atoms. The molecule has 0 N–H and O–H groups in total. The summed E-state index contributed by atoms with van der Waals surface area (Å²) in [6.07, 6.45) is 9.90. The summed E-state index contributed by atoms with van der Waals surface area (Å²) >= 11 is 6.07. The van der Waals surface area contributed by atoms with Crippen LogP contribution >= 0.6 is 11.6 Å². The zero-order valence-electron chi connectivity index (χ0n) is 17.9. The van der Waals surface area contributed by atoms with Crippen LogP contribution in [0, 0.1) is 13.8 Å². The van der Waals surface area contributed by atoms with Crippen molar-refractivity contribution in [3.63, 3.8) is 0 Å². The van der Waals surface area contributed by atoms with E-state index in [1.165, 1.54) is 5.56 Å². The van der Waals surface area contributed by atoms with Crippen molar-refractivity contribution in [2.24, 2.45) is 0 Å². The first-order chi connectivity index (χ1) is 15.0. The average molecular weight is 432 g/mol. The van der Waals surface area contributed by atoms with Crippen LogP contribution in [0.5, 0.6) is 0 Å². The van der Waals surface area contributed by atoms with Crippen molar-refractivity contribution in [1.29, 1.82) is 0 Å². The van der Waals surface area contributed by atoms with E-state index in [1.807, 2.05) is 36.1 Å². The lowest BCUT2D eigenvalue weighted by Crippen LogP contribution is -2.41. The Hall–Kier alpha value is -2.85. The van der Waals surface area contributed by atoms with E-state index in [4.69, 9.17) is 11.6 Å².